The molecule has 1 atom stereocenters. The first kappa shape index (κ1) is 13.7. The number of carbonyl (C=O) groups excluding carboxylic acids is 1. The molecular formula is C12H20N6O. The third-order valence-electron chi connectivity index (χ3n) is 3.32. The first-order valence-electron chi connectivity index (χ1n) is 6.46. The van der Waals surface area contributed by atoms with E-state index in [0.29, 0.717) is 24.0 Å². The largest absolute Gasteiger partial charge is 0.350 e. The number of rotatable bonds is 4. The molecule has 19 heavy (non-hydrogen) atoms. The van der Waals surface area contributed by atoms with E-state index in [1.54, 1.807) is 12.1 Å². The Morgan fingerprint density at radius 2 is 2.37 bits per heavy atom. The van der Waals surface area contributed by atoms with Crippen LogP contribution in [0, 0.1) is 5.92 Å². The number of nitrogen functional groups attached to an aromatic ring is 1. The van der Waals surface area contributed by atoms with Crippen LogP contribution in [0.3, 0.4) is 0 Å². The lowest BCUT2D eigenvalue weighted by molar-refractivity contribution is 0.0931. The van der Waals surface area contributed by atoms with E-state index in [2.05, 4.69) is 32.9 Å². The van der Waals surface area contributed by atoms with Gasteiger partial charge in [-0.3, -0.25) is 4.79 Å². The van der Waals surface area contributed by atoms with Gasteiger partial charge in [0.15, 0.2) is 11.5 Å². The van der Waals surface area contributed by atoms with E-state index in [1.165, 1.54) is 6.42 Å². The number of piperidine rings is 1. The van der Waals surface area contributed by atoms with Crippen LogP contribution >= 0.6 is 0 Å². The van der Waals surface area contributed by atoms with E-state index in [9.17, 15) is 4.79 Å². The third-order valence-corrected chi connectivity index (χ3v) is 3.32. The number of aromatic nitrogens is 2. The fourth-order valence-corrected chi connectivity index (χ4v) is 2.30. The van der Waals surface area contributed by atoms with Crippen molar-refractivity contribution >= 4 is 11.7 Å². The van der Waals surface area contributed by atoms with Crippen molar-refractivity contribution in [1.29, 1.82) is 0 Å². The van der Waals surface area contributed by atoms with Crippen LogP contribution in [0.1, 0.15) is 23.3 Å². The average Bonchev–Trinajstić information content (AvgIpc) is 2.45. The van der Waals surface area contributed by atoms with E-state index in [-0.39, 0.29) is 5.91 Å². The molecule has 1 amide bonds. The van der Waals surface area contributed by atoms with Gasteiger partial charge in [-0.15, -0.1) is 10.2 Å². The minimum atomic E-state index is -0.190. The number of hydrazine groups is 1. The number of nitrogens with two attached hydrogens (primary N) is 1. The molecule has 2 heterocycles. The highest BCUT2D eigenvalue weighted by Crippen LogP contribution is 2.14. The number of likely N-dealkylation sites (tertiary alicyclic amines) is 1. The summed E-state index contributed by atoms with van der Waals surface area (Å²) in [6.45, 7) is 2.85. The van der Waals surface area contributed by atoms with Crippen molar-refractivity contribution in [1.82, 2.24) is 20.4 Å². The molecule has 1 aliphatic rings. The Kier molecular flexibility index (Phi) is 4.64. The van der Waals surface area contributed by atoms with Crippen LogP contribution in [0.25, 0.3) is 0 Å². The van der Waals surface area contributed by atoms with E-state index in [0.717, 1.165) is 19.5 Å². The third kappa shape index (κ3) is 3.87. The van der Waals surface area contributed by atoms with Crippen molar-refractivity contribution in [3.8, 4) is 0 Å². The molecule has 0 aromatic carbocycles. The van der Waals surface area contributed by atoms with Crippen LogP contribution in [0.2, 0.25) is 0 Å². The van der Waals surface area contributed by atoms with Gasteiger partial charge in [0.25, 0.3) is 5.91 Å². The molecular weight excluding hydrogens is 244 g/mol. The van der Waals surface area contributed by atoms with Gasteiger partial charge in [-0.1, -0.05) is 0 Å². The Labute approximate surface area is 112 Å². The highest BCUT2D eigenvalue weighted by molar-refractivity contribution is 5.92. The number of anilines is 1. The summed E-state index contributed by atoms with van der Waals surface area (Å²) >= 11 is 0. The molecule has 1 aliphatic heterocycles. The number of hydrogen-bond acceptors (Lipinski definition) is 6. The fraction of sp³-hybridized carbons (Fsp3) is 0.583. The lowest BCUT2D eigenvalue weighted by Gasteiger charge is -2.29. The van der Waals surface area contributed by atoms with Crippen LogP contribution in [-0.4, -0.2) is 47.7 Å². The topological polar surface area (TPSA) is 96.2 Å². The molecule has 1 aromatic rings. The molecule has 0 bridgehead atoms. The highest BCUT2D eigenvalue weighted by Gasteiger charge is 2.18. The Morgan fingerprint density at radius 3 is 3.00 bits per heavy atom. The van der Waals surface area contributed by atoms with Crippen molar-refractivity contribution in [3.05, 3.63) is 17.8 Å². The van der Waals surface area contributed by atoms with Crippen molar-refractivity contribution in [2.75, 3.05) is 32.1 Å². The molecule has 0 aliphatic carbocycles. The van der Waals surface area contributed by atoms with Crippen molar-refractivity contribution < 1.29 is 4.79 Å². The van der Waals surface area contributed by atoms with E-state index >= 15 is 0 Å². The van der Waals surface area contributed by atoms with E-state index in [4.69, 9.17) is 5.84 Å². The molecule has 104 valence electrons. The minimum absolute atomic E-state index is 0.190. The summed E-state index contributed by atoms with van der Waals surface area (Å²) < 4.78 is 0. The van der Waals surface area contributed by atoms with Gasteiger partial charge in [0.05, 0.1) is 0 Å². The summed E-state index contributed by atoms with van der Waals surface area (Å²) in [6.07, 6.45) is 2.35. The maximum Gasteiger partial charge on any atom is 0.271 e. The molecule has 1 saturated heterocycles. The van der Waals surface area contributed by atoms with Crippen molar-refractivity contribution in [2.24, 2.45) is 11.8 Å². The summed E-state index contributed by atoms with van der Waals surface area (Å²) in [5.41, 5.74) is 2.68. The molecule has 1 fully saturated rings. The SMILES string of the molecule is CN1CCCC(CNC(=O)c2ccc(NN)nn2)C1. The molecule has 7 heteroatoms. The predicted molar refractivity (Wildman–Crippen MR) is 72.4 cm³/mol. The molecule has 0 spiro atoms. The summed E-state index contributed by atoms with van der Waals surface area (Å²) in [4.78, 5) is 14.2. The maximum absolute atomic E-state index is 11.9. The van der Waals surface area contributed by atoms with Crippen molar-refractivity contribution in [3.63, 3.8) is 0 Å². The standard InChI is InChI=1S/C12H20N6O/c1-18-6-2-3-9(8-18)7-14-12(19)10-4-5-11(15-13)17-16-10/h4-5,9H,2-3,6-8,13H2,1H3,(H,14,19)(H,15,17). The summed E-state index contributed by atoms with van der Waals surface area (Å²) in [7, 11) is 2.11. The first-order chi connectivity index (χ1) is 9.19. The number of nitrogens with zero attached hydrogens (tertiary/aromatic N) is 3. The van der Waals surface area contributed by atoms with Gasteiger partial charge in [-0.05, 0) is 44.5 Å². The predicted octanol–water partition coefficient (Wildman–Crippen LogP) is -0.166. The monoisotopic (exact) mass is 264 g/mol. The van der Waals surface area contributed by atoms with Gasteiger partial charge in [0.2, 0.25) is 0 Å². The zero-order valence-electron chi connectivity index (χ0n) is 11.1. The number of hydrogen-bond donors (Lipinski definition) is 3. The van der Waals surface area contributed by atoms with Gasteiger partial charge in [-0.25, -0.2) is 5.84 Å². The van der Waals surface area contributed by atoms with Crippen LogP contribution in [0.4, 0.5) is 5.82 Å². The zero-order valence-corrected chi connectivity index (χ0v) is 11.1. The maximum atomic E-state index is 11.9. The quantitative estimate of drug-likeness (QED) is 0.516. The summed E-state index contributed by atoms with van der Waals surface area (Å²) in [5.74, 6) is 5.95. The highest BCUT2D eigenvalue weighted by atomic mass is 16.1. The number of amides is 1. The summed E-state index contributed by atoms with van der Waals surface area (Å²) in [6, 6.07) is 3.22. The average molecular weight is 264 g/mol. The van der Waals surface area contributed by atoms with Gasteiger partial charge in [0.1, 0.15) is 0 Å². The Bertz CT molecular complexity index is 421. The minimum Gasteiger partial charge on any atom is -0.350 e. The second kappa shape index (κ2) is 6.44. The Hall–Kier alpha value is -1.73. The van der Waals surface area contributed by atoms with Crippen molar-refractivity contribution in [2.45, 2.75) is 12.8 Å². The Balaban J connectivity index is 1.83. The van der Waals surface area contributed by atoms with Crippen LogP contribution in [-0.2, 0) is 0 Å². The molecule has 0 radical (unpaired) electrons. The van der Waals surface area contributed by atoms with Crippen LogP contribution < -0.4 is 16.6 Å². The van der Waals surface area contributed by atoms with Gasteiger partial charge in [0, 0.05) is 13.1 Å². The molecule has 1 unspecified atom stereocenters. The number of carbonyl (C=O) groups is 1. The zero-order chi connectivity index (χ0) is 13.7. The van der Waals surface area contributed by atoms with Crippen LogP contribution in [0.15, 0.2) is 12.1 Å². The van der Waals surface area contributed by atoms with Gasteiger partial charge < -0.3 is 15.6 Å². The van der Waals surface area contributed by atoms with Crippen LogP contribution in [0.5, 0.6) is 0 Å². The number of nitrogens with one attached hydrogen (secondary N) is 2. The van der Waals surface area contributed by atoms with E-state index in [1.807, 2.05) is 0 Å². The summed E-state index contributed by atoms with van der Waals surface area (Å²) in [5, 5.41) is 10.5. The lowest BCUT2D eigenvalue weighted by Crippen LogP contribution is -2.39. The van der Waals surface area contributed by atoms with E-state index < -0.39 is 0 Å². The van der Waals surface area contributed by atoms with Gasteiger partial charge >= 0.3 is 0 Å². The molecule has 0 saturated carbocycles. The molecule has 2 rings (SSSR count). The first-order valence-corrected chi connectivity index (χ1v) is 6.46. The molecule has 7 nitrogen and oxygen atoms in total. The second-order valence-electron chi connectivity index (χ2n) is 4.93. The lowest BCUT2D eigenvalue weighted by atomic mass is 9.98. The molecule has 1 aromatic heterocycles. The Morgan fingerprint density at radius 1 is 1.53 bits per heavy atom. The second-order valence-corrected chi connectivity index (χ2v) is 4.93. The smallest absolute Gasteiger partial charge is 0.271 e. The molecule has 4 N–H and O–H groups in total. The fourth-order valence-electron chi connectivity index (χ4n) is 2.30. The van der Waals surface area contributed by atoms with Gasteiger partial charge in [-0.2, -0.15) is 0 Å². The normalized spacial score (nSPS) is 20.0.